The molecule has 0 aromatic carbocycles. The Balaban J connectivity index is 1.86. The lowest BCUT2D eigenvalue weighted by molar-refractivity contribution is -0.449. The van der Waals surface area contributed by atoms with Crippen LogP contribution in [-0.4, -0.2) is 102 Å². The van der Waals surface area contributed by atoms with Crippen LogP contribution in [0.15, 0.2) is 0 Å². The van der Waals surface area contributed by atoms with Crippen LogP contribution in [0, 0.1) is 5.92 Å². The average molecular weight is 447 g/mol. The van der Waals surface area contributed by atoms with Crippen molar-refractivity contribution in [1.29, 1.82) is 0 Å². The Bertz CT molecular complexity index is 643. The molecule has 3 aliphatic rings. The molecule has 11 nitrogen and oxygen atoms in total. The minimum Gasteiger partial charge on any atom is -0.390 e. The molecular weight excluding hydrogens is 408 g/mol. The zero-order valence-corrected chi connectivity index (χ0v) is 18.8. The van der Waals surface area contributed by atoms with Gasteiger partial charge in [-0.3, -0.25) is 4.79 Å². The number of carbonyl (C=O) groups is 1. The highest BCUT2D eigenvalue weighted by Gasteiger charge is 2.63. The minimum atomic E-state index is -2.01. The van der Waals surface area contributed by atoms with Crippen molar-refractivity contribution in [3.63, 3.8) is 0 Å². The molecule has 0 aromatic rings. The molecule has 11 heteroatoms. The molecule has 8 N–H and O–H groups in total. The quantitative estimate of drug-likeness (QED) is 0.229. The standard InChI is InChI=1S/C20H38N4O7/c1-6-8(2)11(21)18(27)24-10-7-9(3)29-19-20(10,28)31-16-13(23-5)14(25)12(22-4)15(26)17(16)30-19/h8-17,19,22-23,25-26,28H,6-7,21H2,1-5H3,(H,24,27)/t8-,9+,10+,11-,12+,13-,14-,15+,16?,17?,19?,20-/m0/s1. The van der Waals surface area contributed by atoms with E-state index in [-0.39, 0.29) is 18.4 Å². The Morgan fingerprint density at radius 1 is 1.16 bits per heavy atom. The van der Waals surface area contributed by atoms with Gasteiger partial charge in [-0.25, -0.2) is 0 Å². The Morgan fingerprint density at radius 3 is 2.39 bits per heavy atom. The molecule has 3 unspecified atom stereocenters. The monoisotopic (exact) mass is 446 g/mol. The second kappa shape index (κ2) is 9.54. The van der Waals surface area contributed by atoms with Gasteiger partial charge in [-0.1, -0.05) is 20.3 Å². The van der Waals surface area contributed by atoms with Gasteiger partial charge >= 0.3 is 0 Å². The number of aliphatic hydroxyl groups excluding tert-OH is 2. The van der Waals surface area contributed by atoms with Gasteiger partial charge in [0.15, 0.2) is 0 Å². The van der Waals surface area contributed by atoms with Crippen LogP contribution in [0.5, 0.6) is 0 Å². The molecule has 2 saturated heterocycles. The van der Waals surface area contributed by atoms with Gasteiger partial charge in [0.2, 0.25) is 18.0 Å². The summed E-state index contributed by atoms with van der Waals surface area (Å²) in [5.74, 6) is -2.44. The maximum absolute atomic E-state index is 12.7. The topological polar surface area (TPSA) is 168 Å². The van der Waals surface area contributed by atoms with Crippen molar-refractivity contribution in [3.8, 4) is 0 Å². The van der Waals surface area contributed by atoms with Gasteiger partial charge < -0.3 is 51.2 Å². The van der Waals surface area contributed by atoms with Crippen molar-refractivity contribution < 1.29 is 34.3 Å². The molecular formula is C20H38N4O7. The maximum Gasteiger partial charge on any atom is 0.239 e. The highest BCUT2D eigenvalue weighted by molar-refractivity contribution is 5.82. The maximum atomic E-state index is 12.7. The van der Waals surface area contributed by atoms with E-state index in [0.29, 0.717) is 0 Å². The van der Waals surface area contributed by atoms with Crippen molar-refractivity contribution in [2.75, 3.05) is 14.1 Å². The summed E-state index contributed by atoms with van der Waals surface area (Å²) in [5, 5.41) is 41.7. The van der Waals surface area contributed by atoms with Crippen molar-refractivity contribution >= 4 is 5.91 Å². The zero-order chi connectivity index (χ0) is 23.1. The fourth-order valence-electron chi connectivity index (χ4n) is 4.80. The Kier molecular flexibility index (Phi) is 7.61. The van der Waals surface area contributed by atoms with Crippen molar-refractivity contribution in [2.24, 2.45) is 11.7 Å². The van der Waals surface area contributed by atoms with E-state index in [4.69, 9.17) is 19.9 Å². The van der Waals surface area contributed by atoms with Crippen LogP contribution in [0.3, 0.4) is 0 Å². The third kappa shape index (κ3) is 4.35. The van der Waals surface area contributed by atoms with E-state index >= 15 is 0 Å². The molecule has 31 heavy (non-hydrogen) atoms. The van der Waals surface area contributed by atoms with Gasteiger partial charge in [-0.05, 0) is 33.4 Å². The van der Waals surface area contributed by atoms with Gasteiger partial charge in [0, 0.05) is 0 Å². The lowest BCUT2D eigenvalue weighted by Crippen LogP contribution is -2.79. The van der Waals surface area contributed by atoms with Gasteiger partial charge in [0.25, 0.3) is 0 Å². The van der Waals surface area contributed by atoms with E-state index in [1.807, 2.05) is 13.8 Å². The summed E-state index contributed by atoms with van der Waals surface area (Å²) in [6.45, 7) is 5.64. The molecule has 3 fully saturated rings. The molecule has 1 aliphatic carbocycles. The number of nitrogens with two attached hydrogens (primary N) is 1. The molecule has 0 aromatic heterocycles. The molecule has 1 saturated carbocycles. The number of likely N-dealkylation sites (N-methyl/N-ethyl adjacent to an activating group) is 2. The smallest absolute Gasteiger partial charge is 0.239 e. The normalized spacial score (nSPS) is 47.1. The highest BCUT2D eigenvalue weighted by atomic mass is 16.8. The van der Waals surface area contributed by atoms with Crippen LogP contribution >= 0.6 is 0 Å². The molecule has 0 bridgehead atoms. The molecule has 0 spiro atoms. The van der Waals surface area contributed by atoms with Crippen LogP contribution < -0.4 is 21.7 Å². The number of fused-ring (bicyclic) bond motifs is 2. The van der Waals surface area contributed by atoms with E-state index in [9.17, 15) is 20.1 Å². The van der Waals surface area contributed by atoms with Crippen molar-refractivity contribution in [3.05, 3.63) is 0 Å². The summed E-state index contributed by atoms with van der Waals surface area (Å²) in [6, 6.07) is -2.90. The SMILES string of the molecule is CC[C@H](C)[C@H](N)C(=O)N[C@@H]1C[C@@H](C)OC2OC3C(O[C@]21O)[C@@H](NC)[C@@H](O)[C@@H](NC)[C@H]3O. The number of amides is 1. The van der Waals surface area contributed by atoms with Gasteiger partial charge in [-0.15, -0.1) is 0 Å². The fraction of sp³-hybridized carbons (Fsp3) is 0.950. The number of carbonyl (C=O) groups excluding carboxylic acids is 1. The summed E-state index contributed by atoms with van der Waals surface area (Å²) < 4.78 is 17.9. The van der Waals surface area contributed by atoms with E-state index in [2.05, 4.69) is 16.0 Å². The molecule has 3 rings (SSSR count). The lowest BCUT2D eigenvalue weighted by Gasteiger charge is -2.58. The van der Waals surface area contributed by atoms with Crippen molar-refractivity contribution in [2.45, 2.75) is 100 Å². The minimum absolute atomic E-state index is 0.0357. The number of nitrogens with one attached hydrogen (secondary N) is 3. The Hall–Kier alpha value is -0.890. The third-order valence-electron chi connectivity index (χ3n) is 7.03. The molecule has 2 aliphatic heterocycles. The molecule has 2 heterocycles. The van der Waals surface area contributed by atoms with Gasteiger partial charge in [0.05, 0.1) is 36.4 Å². The number of hydrogen-bond donors (Lipinski definition) is 7. The Labute approximate surface area is 183 Å². The third-order valence-corrected chi connectivity index (χ3v) is 7.03. The molecule has 0 radical (unpaired) electrons. The first-order valence-electron chi connectivity index (χ1n) is 11.1. The van der Waals surface area contributed by atoms with Crippen LogP contribution in [0.1, 0.15) is 33.6 Å². The number of ether oxygens (including phenoxy) is 3. The van der Waals surface area contributed by atoms with Crippen molar-refractivity contribution in [1.82, 2.24) is 16.0 Å². The van der Waals surface area contributed by atoms with Gasteiger partial charge in [0.1, 0.15) is 18.3 Å². The zero-order valence-electron chi connectivity index (χ0n) is 18.8. The molecule has 180 valence electrons. The van der Waals surface area contributed by atoms with Crippen LogP contribution in [-0.2, 0) is 19.0 Å². The van der Waals surface area contributed by atoms with E-state index in [1.165, 1.54) is 0 Å². The lowest BCUT2D eigenvalue weighted by atomic mass is 9.79. The fourth-order valence-corrected chi connectivity index (χ4v) is 4.80. The molecule has 12 atom stereocenters. The highest BCUT2D eigenvalue weighted by Crippen LogP contribution is 2.42. The average Bonchev–Trinajstić information content (AvgIpc) is 2.73. The van der Waals surface area contributed by atoms with Gasteiger partial charge in [-0.2, -0.15) is 0 Å². The largest absolute Gasteiger partial charge is 0.390 e. The first-order chi connectivity index (χ1) is 14.6. The Morgan fingerprint density at radius 2 is 1.81 bits per heavy atom. The molecule has 1 amide bonds. The van der Waals surface area contributed by atoms with Crippen LogP contribution in [0.4, 0.5) is 0 Å². The second-order valence-corrected chi connectivity index (χ2v) is 9.03. The summed E-state index contributed by atoms with van der Waals surface area (Å²) in [7, 11) is 3.29. The predicted molar refractivity (Wildman–Crippen MR) is 111 cm³/mol. The first kappa shape index (κ1) is 24.7. The van der Waals surface area contributed by atoms with E-state index in [1.54, 1.807) is 21.0 Å². The summed E-state index contributed by atoms with van der Waals surface area (Å²) in [5.41, 5.74) is 6.07. The predicted octanol–water partition coefficient (Wildman–Crippen LogP) is -2.64. The number of aliphatic hydroxyl groups is 3. The van der Waals surface area contributed by atoms with Crippen LogP contribution in [0.25, 0.3) is 0 Å². The summed E-state index contributed by atoms with van der Waals surface area (Å²) in [6.07, 6.45) is -4.43. The second-order valence-electron chi connectivity index (χ2n) is 9.03. The van der Waals surface area contributed by atoms with E-state index in [0.717, 1.165) is 6.42 Å². The van der Waals surface area contributed by atoms with Crippen LogP contribution in [0.2, 0.25) is 0 Å². The first-order valence-corrected chi connectivity index (χ1v) is 11.1. The summed E-state index contributed by atoms with van der Waals surface area (Å²) in [4.78, 5) is 12.7. The number of rotatable bonds is 6. The number of hydrogen-bond acceptors (Lipinski definition) is 10. The summed E-state index contributed by atoms with van der Waals surface area (Å²) >= 11 is 0. The van der Waals surface area contributed by atoms with E-state index < -0.39 is 66.6 Å².